The van der Waals surface area contributed by atoms with E-state index in [0.29, 0.717) is 19.0 Å². The van der Waals surface area contributed by atoms with Gasteiger partial charge in [-0.15, -0.1) is 0 Å². The number of guanidine groups is 1. The summed E-state index contributed by atoms with van der Waals surface area (Å²) in [7, 11) is 0. The van der Waals surface area contributed by atoms with E-state index in [0.717, 1.165) is 29.3 Å². The van der Waals surface area contributed by atoms with E-state index in [1.165, 1.54) is 0 Å². The number of aromatic nitrogens is 3. The molecule has 148 valence electrons. The predicted octanol–water partition coefficient (Wildman–Crippen LogP) is 2.60. The molecule has 1 unspecified atom stereocenters. The second-order valence-electron chi connectivity index (χ2n) is 6.70. The number of pyridine rings is 1. The summed E-state index contributed by atoms with van der Waals surface area (Å²) in [6.07, 6.45) is 5.47. The highest BCUT2D eigenvalue weighted by Gasteiger charge is 2.23. The Bertz CT molecular complexity index is 899. The molecule has 28 heavy (non-hydrogen) atoms. The van der Waals surface area contributed by atoms with Gasteiger partial charge in [-0.3, -0.25) is 4.57 Å². The maximum Gasteiger partial charge on any atom is 0.191 e. The first kappa shape index (κ1) is 20.0. The molecule has 0 amide bonds. The van der Waals surface area contributed by atoms with Gasteiger partial charge in [0, 0.05) is 25.1 Å². The highest BCUT2D eigenvalue weighted by Crippen LogP contribution is 2.21. The normalized spacial score (nSPS) is 13.9. The summed E-state index contributed by atoms with van der Waals surface area (Å²) >= 11 is 1.57. The predicted molar refractivity (Wildman–Crippen MR) is 113 cm³/mol. The molecule has 0 aliphatic carbocycles. The molecule has 3 heterocycles. The summed E-state index contributed by atoms with van der Waals surface area (Å²) in [6.45, 7) is 7.35. The van der Waals surface area contributed by atoms with Crippen molar-refractivity contribution in [3.63, 3.8) is 0 Å². The summed E-state index contributed by atoms with van der Waals surface area (Å²) in [5.41, 5.74) is 0.945. The van der Waals surface area contributed by atoms with E-state index in [2.05, 4.69) is 25.6 Å². The Balaban J connectivity index is 1.63. The van der Waals surface area contributed by atoms with Crippen LogP contribution in [0.5, 0.6) is 0 Å². The first-order valence-corrected chi connectivity index (χ1v) is 10.2. The minimum Gasteiger partial charge on any atom is -0.384 e. The number of imidazole rings is 1. The van der Waals surface area contributed by atoms with Crippen LogP contribution in [0.4, 0.5) is 0 Å². The Labute approximate surface area is 169 Å². The Kier molecular flexibility index (Phi) is 6.43. The van der Waals surface area contributed by atoms with Crippen LogP contribution >= 0.6 is 11.3 Å². The van der Waals surface area contributed by atoms with E-state index in [9.17, 15) is 5.11 Å². The first-order chi connectivity index (χ1) is 13.5. The number of aryl methyl sites for hydroxylation is 1. The van der Waals surface area contributed by atoms with E-state index in [4.69, 9.17) is 0 Å². The molecule has 1 atom stereocenters. The van der Waals surface area contributed by atoms with E-state index >= 15 is 0 Å². The third kappa shape index (κ3) is 4.96. The lowest BCUT2D eigenvalue weighted by Crippen LogP contribution is -2.44. The van der Waals surface area contributed by atoms with Crippen molar-refractivity contribution in [2.24, 2.45) is 4.99 Å². The number of thiophene rings is 1. The number of aliphatic hydroxyl groups is 1. The average molecular weight is 399 g/mol. The van der Waals surface area contributed by atoms with Crippen molar-refractivity contribution in [3.8, 4) is 5.82 Å². The standard InChI is InChI=1S/C20H26N6OS/c1-4-21-19(25-14-20(3,27)17-7-10-28-13-17)24-12-16-5-6-18(23-11-16)26-9-8-22-15(26)2/h5-11,13,27H,4,12,14H2,1-3H3,(H2,21,24,25). The number of nitrogens with one attached hydrogen (secondary N) is 2. The number of hydrogen-bond acceptors (Lipinski definition) is 5. The summed E-state index contributed by atoms with van der Waals surface area (Å²) in [6, 6.07) is 5.91. The van der Waals surface area contributed by atoms with Gasteiger partial charge in [-0.2, -0.15) is 11.3 Å². The van der Waals surface area contributed by atoms with Gasteiger partial charge < -0.3 is 15.7 Å². The molecule has 7 nitrogen and oxygen atoms in total. The molecule has 3 N–H and O–H groups in total. The van der Waals surface area contributed by atoms with Crippen molar-refractivity contribution in [1.29, 1.82) is 0 Å². The van der Waals surface area contributed by atoms with E-state index in [1.54, 1.807) is 24.5 Å². The largest absolute Gasteiger partial charge is 0.384 e. The fourth-order valence-electron chi connectivity index (χ4n) is 2.71. The number of nitrogens with zero attached hydrogens (tertiary/aromatic N) is 4. The van der Waals surface area contributed by atoms with Gasteiger partial charge in [0.25, 0.3) is 0 Å². The van der Waals surface area contributed by atoms with Gasteiger partial charge in [0.1, 0.15) is 17.2 Å². The fourth-order valence-corrected chi connectivity index (χ4v) is 3.50. The fraction of sp³-hybridized carbons (Fsp3) is 0.350. The van der Waals surface area contributed by atoms with Crippen LogP contribution in [-0.4, -0.2) is 38.7 Å². The van der Waals surface area contributed by atoms with Crippen molar-refractivity contribution in [3.05, 3.63) is 64.5 Å². The van der Waals surface area contributed by atoms with E-state index < -0.39 is 5.60 Å². The lowest BCUT2D eigenvalue weighted by atomic mass is 9.99. The van der Waals surface area contributed by atoms with Gasteiger partial charge in [0.15, 0.2) is 5.96 Å². The van der Waals surface area contributed by atoms with Crippen LogP contribution in [0.15, 0.2) is 52.5 Å². The van der Waals surface area contributed by atoms with Crippen LogP contribution in [0.3, 0.4) is 0 Å². The van der Waals surface area contributed by atoms with Crippen LogP contribution in [0.1, 0.15) is 30.8 Å². The van der Waals surface area contributed by atoms with Crippen LogP contribution < -0.4 is 10.6 Å². The molecule has 0 spiro atoms. The van der Waals surface area contributed by atoms with Crippen molar-refractivity contribution < 1.29 is 5.11 Å². The molecule has 0 saturated carbocycles. The lowest BCUT2D eigenvalue weighted by molar-refractivity contribution is 0.0621. The summed E-state index contributed by atoms with van der Waals surface area (Å²) in [5, 5.41) is 21.0. The molecule has 0 aliphatic heterocycles. The highest BCUT2D eigenvalue weighted by atomic mass is 32.1. The summed E-state index contributed by atoms with van der Waals surface area (Å²) < 4.78 is 1.94. The maximum atomic E-state index is 10.7. The zero-order valence-electron chi connectivity index (χ0n) is 16.4. The Morgan fingerprint density at radius 3 is 2.75 bits per heavy atom. The van der Waals surface area contributed by atoms with Crippen LogP contribution in [0.25, 0.3) is 5.82 Å². The highest BCUT2D eigenvalue weighted by molar-refractivity contribution is 7.08. The average Bonchev–Trinajstić information content (AvgIpc) is 3.37. The number of hydrogen-bond donors (Lipinski definition) is 3. The van der Waals surface area contributed by atoms with Gasteiger partial charge in [0.2, 0.25) is 0 Å². The number of rotatable bonds is 7. The van der Waals surface area contributed by atoms with Crippen LogP contribution in [0.2, 0.25) is 0 Å². The molecule has 3 rings (SSSR count). The third-order valence-corrected chi connectivity index (χ3v) is 5.07. The SMILES string of the molecule is CCNC(=NCc1ccc(-n2ccnc2C)nc1)NCC(C)(O)c1ccsc1. The minimum absolute atomic E-state index is 0.368. The van der Waals surface area contributed by atoms with Gasteiger partial charge in [-0.25, -0.2) is 15.0 Å². The molecule has 0 aromatic carbocycles. The second-order valence-corrected chi connectivity index (χ2v) is 7.48. The molecule has 3 aromatic heterocycles. The third-order valence-electron chi connectivity index (χ3n) is 4.39. The van der Waals surface area contributed by atoms with Gasteiger partial charge in [-0.1, -0.05) is 6.07 Å². The van der Waals surface area contributed by atoms with Crippen molar-refractivity contribution in [2.75, 3.05) is 13.1 Å². The number of aliphatic imine (C=N–C) groups is 1. The zero-order valence-corrected chi connectivity index (χ0v) is 17.2. The smallest absolute Gasteiger partial charge is 0.191 e. The zero-order chi connectivity index (χ0) is 20.0. The summed E-state index contributed by atoms with van der Waals surface area (Å²) in [4.78, 5) is 13.3. The van der Waals surface area contributed by atoms with Crippen molar-refractivity contribution in [1.82, 2.24) is 25.2 Å². The maximum absolute atomic E-state index is 10.7. The molecule has 0 radical (unpaired) electrons. The van der Waals surface area contributed by atoms with E-state index in [1.807, 2.05) is 59.8 Å². The first-order valence-electron chi connectivity index (χ1n) is 9.22. The van der Waals surface area contributed by atoms with Gasteiger partial charge in [0.05, 0.1) is 13.1 Å². The molecular formula is C20H26N6OS. The molecule has 0 fully saturated rings. The monoisotopic (exact) mass is 398 g/mol. The molecule has 0 saturated heterocycles. The van der Waals surface area contributed by atoms with Gasteiger partial charge in [-0.05, 0) is 54.8 Å². The van der Waals surface area contributed by atoms with Crippen LogP contribution in [-0.2, 0) is 12.1 Å². The summed E-state index contributed by atoms with van der Waals surface area (Å²) in [5.74, 6) is 2.39. The van der Waals surface area contributed by atoms with Crippen molar-refractivity contribution in [2.45, 2.75) is 32.9 Å². The molecule has 0 bridgehead atoms. The Morgan fingerprint density at radius 1 is 1.29 bits per heavy atom. The lowest BCUT2D eigenvalue weighted by Gasteiger charge is -2.24. The van der Waals surface area contributed by atoms with Gasteiger partial charge >= 0.3 is 0 Å². The van der Waals surface area contributed by atoms with Crippen LogP contribution in [0, 0.1) is 6.92 Å². The molecule has 0 aliphatic rings. The molecular weight excluding hydrogens is 372 g/mol. The minimum atomic E-state index is -0.956. The second kappa shape index (κ2) is 8.99. The van der Waals surface area contributed by atoms with E-state index in [-0.39, 0.29) is 0 Å². The topological polar surface area (TPSA) is 87.4 Å². The Hall–Kier alpha value is -2.71. The molecule has 3 aromatic rings. The quantitative estimate of drug-likeness (QED) is 0.421. The van der Waals surface area contributed by atoms with Crippen molar-refractivity contribution >= 4 is 17.3 Å². The molecule has 8 heteroatoms. The Morgan fingerprint density at radius 2 is 2.14 bits per heavy atom.